The second kappa shape index (κ2) is 9.08. The second-order valence-corrected chi connectivity index (χ2v) is 6.01. The van der Waals surface area contributed by atoms with Crippen LogP contribution in [0.2, 0.25) is 5.02 Å². The second-order valence-electron chi connectivity index (χ2n) is 5.57. The van der Waals surface area contributed by atoms with Crippen molar-refractivity contribution >= 4 is 29.1 Å². The van der Waals surface area contributed by atoms with Gasteiger partial charge in [0.05, 0.1) is 6.61 Å². The first kappa shape index (κ1) is 18.8. The summed E-state index contributed by atoms with van der Waals surface area (Å²) >= 11 is 5.90. The molecule has 0 atom stereocenters. The first-order valence-electron chi connectivity index (χ1n) is 8.00. The summed E-state index contributed by atoms with van der Waals surface area (Å²) < 4.78 is 5.67. The summed E-state index contributed by atoms with van der Waals surface area (Å²) in [6, 6.07) is 12.2. The van der Waals surface area contributed by atoms with Gasteiger partial charge in [0.2, 0.25) is 5.91 Å². The van der Waals surface area contributed by atoms with Crippen molar-refractivity contribution in [2.24, 2.45) is 0 Å². The molecule has 0 radical (unpaired) electrons. The van der Waals surface area contributed by atoms with E-state index >= 15 is 0 Å². The third-order valence-corrected chi connectivity index (χ3v) is 3.81. The molecule has 0 spiro atoms. The average molecular weight is 361 g/mol. The molecule has 6 heteroatoms. The Hall–Kier alpha value is -2.53. The lowest BCUT2D eigenvalue weighted by Crippen LogP contribution is -2.18. The SMILES string of the molecule is CNC(=O)c1cccc(NC(=O)CCCOc2ccc(Cl)cc2C)c1. The molecule has 2 aromatic carbocycles. The summed E-state index contributed by atoms with van der Waals surface area (Å²) in [5, 5.41) is 6.01. The highest BCUT2D eigenvalue weighted by atomic mass is 35.5. The van der Waals surface area contributed by atoms with Crippen LogP contribution in [0.3, 0.4) is 0 Å². The molecule has 0 aliphatic heterocycles. The zero-order valence-electron chi connectivity index (χ0n) is 14.3. The molecule has 0 aliphatic rings. The Morgan fingerprint density at radius 1 is 1.16 bits per heavy atom. The maximum atomic E-state index is 12.0. The van der Waals surface area contributed by atoms with Crippen LogP contribution in [-0.2, 0) is 4.79 Å². The van der Waals surface area contributed by atoms with Crippen molar-refractivity contribution in [3.05, 3.63) is 58.6 Å². The van der Waals surface area contributed by atoms with Crippen LogP contribution in [-0.4, -0.2) is 25.5 Å². The summed E-state index contributed by atoms with van der Waals surface area (Å²) in [5.74, 6) is 0.455. The van der Waals surface area contributed by atoms with E-state index in [0.717, 1.165) is 11.3 Å². The molecule has 5 nitrogen and oxygen atoms in total. The molecule has 0 aromatic heterocycles. The minimum absolute atomic E-state index is 0.120. The van der Waals surface area contributed by atoms with Gasteiger partial charge in [-0.2, -0.15) is 0 Å². The maximum absolute atomic E-state index is 12.0. The number of halogens is 1. The van der Waals surface area contributed by atoms with Crippen LogP contribution in [0.5, 0.6) is 5.75 Å². The monoisotopic (exact) mass is 360 g/mol. The standard InChI is InChI=1S/C19H21ClN2O3/c1-13-11-15(20)8-9-17(13)25-10-4-7-18(23)22-16-6-3-5-14(12-16)19(24)21-2/h3,5-6,8-9,11-12H,4,7,10H2,1-2H3,(H,21,24)(H,22,23). The van der Waals surface area contributed by atoms with Gasteiger partial charge in [0.1, 0.15) is 5.75 Å². The van der Waals surface area contributed by atoms with Gasteiger partial charge in [0.15, 0.2) is 0 Å². The first-order valence-corrected chi connectivity index (χ1v) is 8.38. The molecule has 0 aliphatic carbocycles. The van der Waals surface area contributed by atoms with Gasteiger partial charge in [-0.3, -0.25) is 9.59 Å². The van der Waals surface area contributed by atoms with Gasteiger partial charge >= 0.3 is 0 Å². The molecule has 2 aromatic rings. The molecule has 2 N–H and O–H groups in total. The van der Waals surface area contributed by atoms with E-state index in [1.807, 2.05) is 19.1 Å². The topological polar surface area (TPSA) is 67.4 Å². The van der Waals surface area contributed by atoms with Gasteiger partial charge < -0.3 is 15.4 Å². The van der Waals surface area contributed by atoms with Crippen molar-refractivity contribution in [1.82, 2.24) is 5.32 Å². The minimum Gasteiger partial charge on any atom is -0.493 e. The Balaban J connectivity index is 1.78. The molecule has 132 valence electrons. The lowest BCUT2D eigenvalue weighted by atomic mass is 10.2. The fourth-order valence-electron chi connectivity index (χ4n) is 2.30. The molecule has 2 rings (SSSR count). The predicted molar refractivity (Wildman–Crippen MR) is 99.4 cm³/mol. The number of carbonyl (C=O) groups is 2. The first-order chi connectivity index (χ1) is 12.0. The molecular weight excluding hydrogens is 340 g/mol. The summed E-state index contributed by atoms with van der Waals surface area (Å²) in [6.45, 7) is 2.36. The number of hydrogen-bond acceptors (Lipinski definition) is 3. The van der Waals surface area contributed by atoms with Crippen LogP contribution in [0, 0.1) is 6.92 Å². The summed E-state index contributed by atoms with van der Waals surface area (Å²) in [5.41, 5.74) is 2.06. The van der Waals surface area contributed by atoms with E-state index in [9.17, 15) is 9.59 Å². The van der Waals surface area contributed by atoms with Crippen LogP contribution in [0.4, 0.5) is 5.69 Å². The van der Waals surface area contributed by atoms with E-state index in [-0.39, 0.29) is 11.8 Å². The average Bonchev–Trinajstić information content (AvgIpc) is 2.59. The highest BCUT2D eigenvalue weighted by Crippen LogP contribution is 2.22. The molecule has 0 saturated carbocycles. The Bertz CT molecular complexity index is 762. The fraction of sp³-hybridized carbons (Fsp3) is 0.263. The van der Waals surface area contributed by atoms with Crippen LogP contribution in [0.25, 0.3) is 0 Å². The van der Waals surface area contributed by atoms with Crippen LogP contribution in [0.15, 0.2) is 42.5 Å². The molecule has 0 saturated heterocycles. The molecule has 0 unspecified atom stereocenters. The number of carbonyl (C=O) groups excluding carboxylic acids is 2. The van der Waals surface area contributed by atoms with Crippen molar-refractivity contribution in [3.63, 3.8) is 0 Å². The van der Waals surface area contributed by atoms with E-state index in [4.69, 9.17) is 16.3 Å². The maximum Gasteiger partial charge on any atom is 0.251 e. The number of aryl methyl sites for hydroxylation is 1. The highest BCUT2D eigenvalue weighted by molar-refractivity contribution is 6.30. The summed E-state index contributed by atoms with van der Waals surface area (Å²) in [7, 11) is 1.57. The van der Waals surface area contributed by atoms with Crippen molar-refractivity contribution in [3.8, 4) is 5.75 Å². The zero-order chi connectivity index (χ0) is 18.2. The Morgan fingerprint density at radius 3 is 2.68 bits per heavy atom. The zero-order valence-corrected chi connectivity index (χ0v) is 15.0. The normalized spacial score (nSPS) is 10.2. The molecule has 0 heterocycles. The van der Waals surface area contributed by atoms with Crippen LogP contribution < -0.4 is 15.4 Å². The van der Waals surface area contributed by atoms with E-state index in [2.05, 4.69) is 10.6 Å². The summed E-state index contributed by atoms with van der Waals surface area (Å²) in [6.07, 6.45) is 0.917. The number of hydrogen-bond donors (Lipinski definition) is 2. The van der Waals surface area contributed by atoms with Gasteiger partial charge in [-0.25, -0.2) is 0 Å². The molecular formula is C19H21ClN2O3. The van der Waals surface area contributed by atoms with Gasteiger partial charge in [-0.15, -0.1) is 0 Å². The number of anilines is 1. The van der Waals surface area contributed by atoms with Gasteiger partial charge in [0.25, 0.3) is 5.91 Å². The van der Waals surface area contributed by atoms with E-state index in [1.54, 1.807) is 37.4 Å². The van der Waals surface area contributed by atoms with Gasteiger partial charge in [-0.05, 0) is 55.3 Å². The van der Waals surface area contributed by atoms with Crippen LogP contribution >= 0.6 is 11.6 Å². The van der Waals surface area contributed by atoms with Crippen molar-refractivity contribution in [1.29, 1.82) is 0 Å². The smallest absolute Gasteiger partial charge is 0.251 e. The van der Waals surface area contributed by atoms with Crippen molar-refractivity contribution < 1.29 is 14.3 Å². The molecule has 2 amide bonds. The number of benzene rings is 2. The number of ether oxygens (including phenoxy) is 1. The van der Waals surface area contributed by atoms with Gasteiger partial charge in [0, 0.05) is 29.7 Å². The van der Waals surface area contributed by atoms with E-state index < -0.39 is 0 Å². The van der Waals surface area contributed by atoms with Crippen molar-refractivity contribution in [2.45, 2.75) is 19.8 Å². The lowest BCUT2D eigenvalue weighted by Gasteiger charge is -2.10. The van der Waals surface area contributed by atoms with E-state index in [1.165, 1.54) is 0 Å². The highest BCUT2D eigenvalue weighted by Gasteiger charge is 2.07. The predicted octanol–water partition coefficient (Wildman–Crippen LogP) is 3.81. The molecule has 25 heavy (non-hydrogen) atoms. The van der Waals surface area contributed by atoms with E-state index in [0.29, 0.717) is 35.7 Å². The molecule has 0 bridgehead atoms. The third kappa shape index (κ3) is 5.80. The number of nitrogens with one attached hydrogen (secondary N) is 2. The largest absolute Gasteiger partial charge is 0.493 e. The van der Waals surface area contributed by atoms with Crippen molar-refractivity contribution in [2.75, 3.05) is 19.0 Å². The quantitative estimate of drug-likeness (QED) is 0.738. The Morgan fingerprint density at radius 2 is 1.96 bits per heavy atom. The minimum atomic E-state index is -0.192. The summed E-state index contributed by atoms with van der Waals surface area (Å²) in [4.78, 5) is 23.6. The third-order valence-electron chi connectivity index (χ3n) is 3.58. The fourth-order valence-corrected chi connectivity index (χ4v) is 2.52. The van der Waals surface area contributed by atoms with Gasteiger partial charge in [-0.1, -0.05) is 17.7 Å². The number of rotatable bonds is 7. The van der Waals surface area contributed by atoms with Crippen LogP contribution in [0.1, 0.15) is 28.8 Å². The number of amides is 2. The Labute approximate surface area is 152 Å². The Kier molecular flexibility index (Phi) is 6.83. The lowest BCUT2D eigenvalue weighted by molar-refractivity contribution is -0.116. The molecule has 0 fully saturated rings.